The first-order chi connectivity index (χ1) is 21.3. The van der Waals surface area contributed by atoms with Gasteiger partial charge in [0, 0.05) is 0 Å². The van der Waals surface area contributed by atoms with Crippen molar-refractivity contribution in [2.75, 3.05) is 0 Å². The largest absolute Gasteiger partial charge is 0.302 e. The van der Waals surface area contributed by atoms with E-state index < -0.39 is 0 Å². The van der Waals surface area contributed by atoms with Gasteiger partial charge in [0.25, 0.3) is 0 Å². The second-order valence-corrected chi connectivity index (χ2v) is 13.1. The molecule has 43 heavy (non-hydrogen) atoms. The van der Waals surface area contributed by atoms with E-state index >= 15 is 0 Å². The van der Waals surface area contributed by atoms with Crippen molar-refractivity contribution in [3.8, 4) is 0 Å². The van der Waals surface area contributed by atoms with Crippen molar-refractivity contribution in [2.45, 2.75) is 219 Å². The summed E-state index contributed by atoms with van der Waals surface area (Å²) in [6.45, 7) is 4.55. The third-order valence-corrected chi connectivity index (χ3v) is 8.81. The van der Waals surface area contributed by atoms with Gasteiger partial charge in [-0.3, -0.25) is 5.32 Å². The summed E-state index contributed by atoms with van der Waals surface area (Å²) in [5.41, 5.74) is 0. The maximum absolute atomic E-state index is 11.6. The van der Waals surface area contributed by atoms with Gasteiger partial charge < -0.3 is 9.59 Å². The van der Waals surface area contributed by atoms with E-state index in [4.69, 9.17) is 0 Å². The van der Waals surface area contributed by atoms with E-state index in [9.17, 15) is 9.59 Å². The van der Waals surface area contributed by atoms with Crippen LogP contribution in [0.1, 0.15) is 206 Å². The molecule has 2 atom stereocenters. The number of carbonyl (C=O) groups is 2. The monoisotopic (exact) mass is 602 g/mol. The molecule has 3 heteroatoms. The Morgan fingerprint density at radius 2 is 0.628 bits per heavy atom. The number of hydrogen-bond acceptors (Lipinski definition) is 3. The van der Waals surface area contributed by atoms with Gasteiger partial charge in [-0.05, 0) is 64.2 Å². The Balaban J connectivity index is 3.58. The second kappa shape index (κ2) is 37.0. The molecule has 3 nitrogen and oxygen atoms in total. The summed E-state index contributed by atoms with van der Waals surface area (Å²) < 4.78 is 0. The zero-order valence-electron chi connectivity index (χ0n) is 29.1. The fraction of sp³-hybridized carbons (Fsp3) is 0.850. The van der Waals surface area contributed by atoms with Crippen molar-refractivity contribution in [1.29, 1.82) is 0 Å². The number of hydrogen-bond donors (Lipinski definition) is 1. The Bertz CT molecular complexity index is 562. The van der Waals surface area contributed by atoms with Gasteiger partial charge in [0.1, 0.15) is 12.6 Å². The molecule has 0 aliphatic carbocycles. The van der Waals surface area contributed by atoms with Crippen LogP contribution < -0.4 is 5.32 Å². The van der Waals surface area contributed by atoms with Crippen LogP contribution in [0.25, 0.3) is 0 Å². The topological polar surface area (TPSA) is 46.2 Å². The molecule has 1 N–H and O–H groups in total. The van der Waals surface area contributed by atoms with Crippen LogP contribution in [0.4, 0.5) is 0 Å². The minimum absolute atomic E-state index is 0.180. The molecule has 0 amide bonds. The molecule has 0 fully saturated rings. The molecule has 2 unspecified atom stereocenters. The molecule has 0 aromatic rings. The lowest BCUT2D eigenvalue weighted by Crippen LogP contribution is -2.40. The van der Waals surface area contributed by atoms with Crippen molar-refractivity contribution in [3.63, 3.8) is 0 Å². The van der Waals surface area contributed by atoms with Gasteiger partial charge in [0.2, 0.25) is 0 Å². The molecule has 0 radical (unpaired) electrons. The Morgan fingerprint density at radius 1 is 0.372 bits per heavy atom. The summed E-state index contributed by atoms with van der Waals surface area (Å²) in [6.07, 6.45) is 49.5. The molecule has 0 heterocycles. The fourth-order valence-corrected chi connectivity index (χ4v) is 5.88. The van der Waals surface area contributed by atoms with Crippen LogP contribution in [-0.2, 0) is 9.59 Å². The maximum atomic E-state index is 11.6. The predicted molar refractivity (Wildman–Crippen MR) is 191 cm³/mol. The number of aldehydes is 2. The van der Waals surface area contributed by atoms with Gasteiger partial charge in [0.15, 0.2) is 0 Å². The summed E-state index contributed by atoms with van der Waals surface area (Å²) in [5.74, 6) is 0. The summed E-state index contributed by atoms with van der Waals surface area (Å²) >= 11 is 0. The first-order valence-electron chi connectivity index (χ1n) is 19.2. The highest BCUT2D eigenvalue weighted by Crippen LogP contribution is 2.14. The lowest BCUT2D eigenvalue weighted by Gasteiger charge is -2.18. The highest BCUT2D eigenvalue weighted by molar-refractivity contribution is 5.62. The van der Waals surface area contributed by atoms with E-state index in [0.717, 1.165) is 38.3 Å². The Kier molecular flexibility index (Phi) is 35.9. The van der Waals surface area contributed by atoms with E-state index in [1.54, 1.807) is 0 Å². The van der Waals surface area contributed by atoms with Crippen LogP contribution in [-0.4, -0.2) is 24.7 Å². The average Bonchev–Trinajstić information content (AvgIpc) is 3.02. The highest BCUT2D eigenvalue weighted by atomic mass is 16.1. The van der Waals surface area contributed by atoms with Crippen LogP contribution in [0.15, 0.2) is 24.3 Å². The highest BCUT2D eigenvalue weighted by Gasteiger charge is 2.13. The summed E-state index contributed by atoms with van der Waals surface area (Å²) in [4.78, 5) is 23.2. The van der Waals surface area contributed by atoms with Crippen molar-refractivity contribution < 1.29 is 9.59 Å². The fourth-order valence-electron chi connectivity index (χ4n) is 5.88. The standard InChI is InChI=1S/C40H75NO2/c1-3-5-7-9-11-13-15-17-19-21-23-25-27-29-31-33-35-39(37-42)41-40(38-43)36-34-32-30-28-26-24-22-20-18-16-14-12-10-8-6-4-2/h17-20,37-41H,3-16,21-36H2,1-2H3/b19-17-,20-18-. The first kappa shape index (κ1) is 41.8. The number of nitrogens with one attached hydrogen (secondary N) is 1. The molecule has 0 rings (SSSR count). The van der Waals surface area contributed by atoms with Crippen molar-refractivity contribution in [1.82, 2.24) is 5.32 Å². The van der Waals surface area contributed by atoms with Crippen molar-refractivity contribution >= 4 is 12.6 Å². The van der Waals surface area contributed by atoms with E-state index in [-0.39, 0.29) is 12.1 Å². The molecule has 0 aliphatic rings. The second-order valence-electron chi connectivity index (χ2n) is 13.1. The number of unbranched alkanes of at least 4 members (excludes halogenated alkanes) is 24. The molecular formula is C40H75NO2. The van der Waals surface area contributed by atoms with Gasteiger partial charge in [-0.1, -0.05) is 167 Å². The van der Waals surface area contributed by atoms with Gasteiger partial charge in [0.05, 0.1) is 12.1 Å². The van der Waals surface area contributed by atoms with E-state index in [2.05, 4.69) is 43.5 Å². The minimum atomic E-state index is -0.180. The van der Waals surface area contributed by atoms with Crippen LogP contribution in [0.5, 0.6) is 0 Å². The summed E-state index contributed by atoms with van der Waals surface area (Å²) in [7, 11) is 0. The third-order valence-electron chi connectivity index (χ3n) is 8.81. The SMILES string of the molecule is CCCCCCCC/C=C\CCCCCCCCC(C=O)NC(C=O)CCCCCCCC/C=C\CCCCCCCC. The number of allylic oxidation sites excluding steroid dienone is 4. The zero-order chi connectivity index (χ0) is 31.3. The van der Waals surface area contributed by atoms with Crippen LogP contribution >= 0.6 is 0 Å². The normalized spacial score (nSPS) is 13.3. The molecule has 0 aromatic carbocycles. The maximum Gasteiger partial charge on any atom is 0.136 e. The Morgan fingerprint density at radius 3 is 0.907 bits per heavy atom. The summed E-state index contributed by atoms with van der Waals surface area (Å²) in [5, 5.41) is 3.31. The average molecular weight is 602 g/mol. The number of rotatable bonds is 36. The third kappa shape index (κ3) is 33.5. The Labute approximate surface area is 269 Å². The van der Waals surface area contributed by atoms with Crippen LogP contribution in [0, 0.1) is 0 Å². The van der Waals surface area contributed by atoms with Crippen LogP contribution in [0.3, 0.4) is 0 Å². The van der Waals surface area contributed by atoms with Gasteiger partial charge in [-0.2, -0.15) is 0 Å². The predicted octanol–water partition coefficient (Wildman–Crippen LogP) is 12.6. The minimum Gasteiger partial charge on any atom is -0.302 e. The van der Waals surface area contributed by atoms with E-state index in [1.165, 1.54) is 167 Å². The lowest BCUT2D eigenvalue weighted by molar-refractivity contribution is -0.111. The van der Waals surface area contributed by atoms with Gasteiger partial charge in [-0.25, -0.2) is 0 Å². The summed E-state index contributed by atoms with van der Waals surface area (Å²) in [6, 6.07) is -0.359. The Hall–Kier alpha value is -1.22. The van der Waals surface area contributed by atoms with Crippen molar-refractivity contribution in [3.05, 3.63) is 24.3 Å². The molecule has 0 saturated carbocycles. The first-order valence-corrected chi connectivity index (χ1v) is 19.2. The molecular weight excluding hydrogens is 526 g/mol. The quantitative estimate of drug-likeness (QED) is 0.0441. The van der Waals surface area contributed by atoms with Crippen LogP contribution in [0.2, 0.25) is 0 Å². The molecule has 0 bridgehead atoms. The molecule has 0 spiro atoms. The van der Waals surface area contributed by atoms with Crippen molar-refractivity contribution in [2.24, 2.45) is 0 Å². The van der Waals surface area contributed by atoms with Gasteiger partial charge in [-0.15, -0.1) is 0 Å². The zero-order valence-corrected chi connectivity index (χ0v) is 29.1. The smallest absolute Gasteiger partial charge is 0.136 e. The molecule has 0 aliphatic heterocycles. The van der Waals surface area contributed by atoms with E-state index in [0.29, 0.717) is 0 Å². The number of carbonyl (C=O) groups excluding carboxylic acids is 2. The lowest BCUT2D eigenvalue weighted by atomic mass is 10.0. The molecule has 0 saturated heterocycles. The van der Waals surface area contributed by atoms with Gasteiger partial charge >= 0.3 is 0 Å². The van der Waals surface area contributed by atoms with E-state index in [1.807, 2.05) is 0 Å². The molecule has 252 valence electrons. The molecule has 0 aromatic heterocycles.